The number of benzene rings is 1. The molecular weight excluding hydrogens is 239 g/mol. The molecule has 1 rings (SSSR count). The van der Waals surface area contributed by atoms with Crippen LogP contribution < -0.4 is 0 Å². The zero-order chi connectivity index (χ0) is 11.9. The highest BCUT2D eigenvalue weighted by atomic mass is 32.1. The first-order valence-electron chi connectivity index (χ1n) is 3.62. The van der Waals surface area contributed by atoms with Crippen LogP contribution in [0.2, 0.25) is 0 Å². The fraction of sp³-hybridized carbons (Fsp3) is 0.250. The monoisotopic (exact) mass is 244 g/mol. The minimum atomic E-state index is -5.53. The van der Waals surface area contributed by atoms with Crippen molar-refractivity contribution in [2.45, 2.75) is 16.9 Å². The lowest BCUT2D eigenvalue weighted by Crippen LogP contribution is -2.37. The summed E-state index contributed by atoms with van der Waals surface area (Å²) in [7, 11) is 0. The van der Waals surface area contributed by atoms with E-state index in [-0.39, 0.29) is 11.0 Å². The van der Waals surface area contributed by atoms with Crippen LogP contribution in [0.4, 0.5) is 22.0 Å². The zero-order valence-electron chi connectivity index (χ0n) is 7.02. The quantitative estimate of drug-likeness (QED) is 0.575. The van der Waals surface area contributed by atoms with Crippen LogP contribution in [-0.2, 0) is 5.85 Å². The van der Waals surface area contributed by atoms with Gasteiger partial charge in [0.15, 0.2) is 0 Å². The molecule has 0 aliphatic rings. The molecule has 0 radical (unpaired) electrons. The highest BCUT2D eigenvalue weighted by Crippen LogP contribution is 2.40. The number of thiol groups is 1. The Hall–Kier alpha value is -0.820. The third-order valence-electron chi connectivity index (χ3n) is 1.64. The van der Waals surface area contributed by atoms with Crippen LogP contribution in [0, 0.1) is 5.82 Å². The van der Waals surface area contributed by atoms with E-state index >= 15 is 0 Å². The molecule has 0 saturated heterocycles. The molecule has 0 aromatic heterocycles. The Morgan fingerprint density at radius 1 is 1.07 bits per heavy atom. The highest BCUT2D eigenvalue weighted by Gasteiger charge is 2.56. The Balaban J connectivity index is 3.27. The minimum Gasteiger partial charge on any atom is -0.351 e. The van der Waals surface area contributed by atoms with E-state index in [2.05, 4.69) is 12.6 Å². The molecule has 0 aliphatic carbocycles. The van der Waals surface area contributed by atoms with Crippen molar-refractivity contribution in [3.05, 3.63) is 29.6 Å². The van der Waals surface area contributed by atoms with Crippen molar-refractivity contribution in [3.63, 3.8) is 0 Å². The summed E-state index contributed by atoms with van der Waals surface area (Å²) in [5.74, 6) is -5.69. The lowest BCUT2D eigenvalue weighted by atomic mass is 10.1. The van der Waals surface area contributed by atoms with Gasteiger partial charge in [0.05, 0.1) is 0 Å². The van der Waals surface area contributed by atoms with Gasteiger partial charge in [0.2, 0.25) is 0 Å². The molecule has 7 heteroatoms. The van der Waals surface area contributed by atoms with E-state index in [1.807, 2.05) is 0 Å². The first-order valence-corrected chi connectivity index (χ1v) is 4.07. The Morgan fingerprint density at radius 3 is 2.00 bits per heavy atom. The molecule has 1 nitrogen and oxygen atoms in total. The van der Waals surface area contributed by atoms with E-state index in [0.717, 1.165) is 6.07 Å². The molecule has 0 aliphatic heterocycles. The maximum Gasteiger partial charge on any atom is 0.453 e. The normalized spacial score (nSPS) is 16.2. The second-order valence-corrected chi connectivity index (χ2v) is 3.33. The SMILES string of the molecule is OC(F)(c1cc(F)cc(S)c1)C(F)(F)F. The summed E-state index contributed by atoms with van der Waals surface area (Å²) >= 11 is 3.57. The number of halogens is 5. The van der Waals surface area contributed by atoms with Crippen LogP contribution in [0.1, 0.15) is 5.56 Å². The zero-order valence-corrected chi connectivity index (χ0v) is 7.91. The summed E-state index contributed by atoms with van der Waals surface area (Å²) in [6.07, 6.45) is -5.53. The van der Waals surface area contributed by atoms with Crippen LogP contribution in [-0.4, -0.2) is 11.3 Å². The first kappa shape index (κ1) is 12.3. The van der Waals surface area contributed by atoms with Gasteiger partial charge in [0, 0.05) is 10.5 Å². The lowest BCUT2D eigenvalue weighted by Gasteiger charge is -2.22. The van der Waals surface area contributed by atoms with E-state index in [9.17, 15) is 22.0 Å². The fourth-order valence-corrected chi connectivity index (χ4v) is 1.19. The average Bonchev–Trinajstić information content (AvgIpc) is 1.99. The molecule has 1 unspecified atom stereocenters. The summed E-state index contributed by atoms with van der Waals surface area (Å²) in [4.78, 5) is -0.217. The van der Waals surface area contributed by atoms with Gasteiger partial charge >= 0.3 is 12.0 Å². The van der Waals surface area contributed by atoms with Crippen LogP contribution in [0.15, 0.2) is 23.1 Å². The molecule has 0 saturated carbocycles. The third kappa shape index (κ3) is 2.40. The summed E-state index contributed by atoms with van der Waals surface area (Å²) in [6, 6.07) is 1.64. The van der Waals surface area contributed by atoms with Gasteiger partial charge < -0.3 is 5.11 Å². The van der Waals surface area contributed by atoms with Gasteiger partial charge in [-0.2, -0.15) is 17.6 Å². The smallest absolute Gasteiger partial charge is 0.351 e. The molecule has 0 fully saturated rings. The van der Waals surface area contributed by atoms with Gasteiger partial charge in [-0.05, 0) is 18.2 Å². The summed E-state index contributed by atoms with van der Waals surface area (Å²) in [6.45, 7) is 0. The van der Waals surface area contributed by atoms with Gasteiger partial charge in [0.1, 0.15) is 5.82 Å². The second-order valence-electron chi connectivity index (χ2n) is 2.82. The van der Waals surface area contributed by atoms with E-state index in [1.165, 1.54) is 0 Å². The summed E-state index contributed by atoms with van der Waals surface area (Å²) in [5, 5.41) is 8.58. The van der Waals surface area contributed by atoms with Gasteiger partial charge in [-0.1, -0.05) is 0 Å². The van der Waals surface area contributed by atoms with Gasteiger partial charge in [-0.3, -0.25) is 0 Å². The molecule has 1 N–H and O–H groups in total. The maximum atomic E-state index is 12.9. The Labute approximate surface area is 86.9 Å². The van der Waals surface area contributed by atoms with Crippen molar-refractivity contribution in [1.82, 2.24) is 0 Å². The van der Waals surface area contributed by atoms with E-state index < -0.39 is 23.4 Å². The molecular formula is C8H5F5OS. The third-order valence-corrected chi connectivity index (χ3v) is 1.90. The fourth-order valence-electron chi connectivity index (χ4n) is 0.929. The maximum absolute atomic E-state index is 12.9. The molecule has 0 bridgehead atoms. The molecule has 15 heavy (non-hydrogen) atoms. The molecule has 1 aromatic carbocycles. The van der Waals surface area contributed by atoms with Crippen molar-refractivity contribution in [3.8, 4) is 0 Å². The number of hydrogen-bond donors (Lipinski definition) is 2. The highest BCUT2D eigenvalue weighted by molar-refractivity contribution is 7.80. The topological polar surface area (TPSA) is 20.2 Å². The Bertz CT molecular complexity index is 354. The summed E-state index contributed by atoms with van der Waals surface area (Å²) < 4.78 is 61.6. The van der Waals surface area contributed by atoms with Gasteiger partial charge in [0.25, 0.3) is 0 Å². The van der Waals surface area contributed by atoms with Gasteiger partial charge in [-0.15, -0.1) is 12.6 Å². The Morgan fingerprint density at radius 2 is 1.60 bits per heavy atom. The van der Waals surface area contributed by atoms with Gasteiger partial charge in [-0.25, -0.2) is 4.39 Å². The molecule has 84 valence electrons. The summed E-state index contributed by atoms with van der Waals surface area (Å²) in [5.41, 5.74) is -1.24. The largest absolute Gasteiger partial charge is 0.453 e. The molecule has 0 heterocycles. The Kier molecular flexibility index (Phi) is 2.97. The van der Waals surface area contributed by atoms with Crippen molar-refractivity contribution in [1.29, 1.82) is 0 Å². The van der Waals surface area contributed by atoms with Crippen LogP contribution in [0.25, 0.3) is 0 Å². The predicted octanol–water partition coefficient (Wildman–Crippen LogP) is 2.79. The van der Waals surface area contributed by atoms with Crippen molar-refractivity contribution >= 4 is 12.6 Å². The lowest BCUT2D eigenvalue weighted by molar-refractivity contribution is -0.323. The predicted molar refractivity (Wildman–Crippen MR) is 44.7 cm³/mol. The van der Waals surface area contributed by atoms with Crippen LogP contribution in [0.3, 0.4) is 0 Å². The standard InChI is InChI=1S/C8H5F5OS/c9-5-1-4(2-6(15)3-5)7(10,14)8(11,12)13/h1-3,14-15H. The van der Waals surface area contributed by atoms with E-state index in [4.69, 9.17) is 5.11 Å². The van der Waals surface area contributed by atoms with E-state index in [1.54, 1.807) is 0 Å². The molecule has 0 amide bonds. The van der Waals surface area contributed by atoms with Crippen LogP contribution >= 0.6 is 12.6 Å². The number of rotatable bonds is 1. The van der Waals surface area contributed by atoms with Crippen LogP contribution in [0.5, 0.6) is 0 Å². The van der Waals surface area contributed by atoms with Crippen molar-refractivity contribution in [2.75, 3.05) is 0 Å². The first-order chi connectivity index (χ1) is 6.64. The number of hydrogen-bond acceptors (Lipinski definition) is 2. The number of alkyl halides is 4. The number of aliphatic hydroxyl groups is 1. The van der Waals surface area contributed by atoms with Crippen molar-refractivity contribution < 1.29 is 27.1 Å². The average molecular weight is 244 g/mol. The second kappa shape index (κ2) is 3.64. The molecule has 0 spiro atoms. The van der Waals surface area contributed by atoms with Crippen molar-refractivity contribution in [2.24, 2.45) is 0 Å². The van der Waals surface area contributed by atoms with E-state index in [0.29, 0.717) is 6.07 Å². The minimum absolute atomic E-state index is 0.217. The molecule has 1 atom stereocenters. The molecule has 1 aromatic rings.